The SMILES string of the molecule is CC1SCCC1NCC1CCN(CC(F)(F)F)C1. The van der Waals surface area contributed by atoms with Crippen LogP contribution in [0.15, 0.2) is 0 Å². The van der Waals surface area contributed by atoms with Crippen LogP contribution >= 0.6 is 11.8 Å². The highest BCUT2D eigenvalue weighted by molar-refractivity contribution is 8.00. The quantitative estimate of drug-likeness (QED) is 0.852. The second-order valence-electron chi connectivity index (χ2n) is 5.38. The van der Waals surface area contributed by atoms with Crippen LogP contribution in [0.3, 0.4) is 0 Å². The van der Waals surface area contributed by atoms with Crippen molar-refractivity contribution in [2.75, 3.05) is 31.9 Å². The maximum atomic E-state index is 12.3. The third-order valence-corrected chi connectivity index (χ3v) is 5.14. The molecule has 2 nitrogen and oxygen atoms in total. The van der Waals surface area contributed by atoms with Crippen molar-refractivity contribution >= 4 is 11.8 Å². The highest BCUT2D eigenvalue weighted by Crippen LogP contribution is 2.27. The fraction of sp³-hybridized carbons (Fsp3) is 1.00. The number of alkyl halides is 3. The molecule has 2 saturated heterocycles. The van der Waals surface area contributed by atoms with Gasteiger partial charge in [-0.05, 0) is 37.6 Å². The van der Waals surface area contributed by atoms with E-state index < -0.39 is 12.7 Å². The van der Waals surface area contributed by atoms with Crippen LogP contribution in [0.2, 0.25) is 0 Å². The van der Waals surface area contributed by atoms with Crippen molar-refractivity contribution in [3.63, 3.8) is 0 Å². The molecule has 0 aromatic heterocycles. The van der Waals surface area contributed by atoms with Crippen LogP contribution in [0, 0.1) is 5.92 Å². The van der Waals surface area contributed by atoms with Gasteiger partial charge in [-0.3, -0.25) is 4.90 Å². The number of likely N-dealkylation sites (tertiary alicyclic amines) is 1. The number of rotatable bonds is 4. The van der Waals surface area contributed by atoms with E-state index in [0.29, 0.717) is 30.3 Å². The molecule has 0 spiro atoms. The smallest absolute Gasteiger partial charge is 0.313 e. The van der Waals surface area contributed by atoms with Crippen molar-refractivity contribution in [2.45, 2.75) is 37.2 Å². The first kappa shape index (κ1) is 14.5. The van der Waals surface area contributed by atoms with Gasteiger partial charge in [0, 0.05) is 17.8 Å². The highest BCUT2D eigenvalue weighted by atomic mass is 32.2. The van der Waals surface area contributed by atoms with Crippen molar-refractivity contribution in [2.24, 2.45) is 5.92 Å². The van der Waals surface area contributed by atoms with Gasteiger partial charge < -0.3 is 5.32 Å². The lowest BCUT2D eigenvalue weighted by atomic mass is 10.1. The Morgan fingerprint density at radius 3 is 2.72 bits per heavy atom. The Bertz CT molecular complexity index is 273. The predicted octanol–water partition coefficient (Wildman–Crippen LogP) is 2.35. The Hall–Kier alpha value is 0.0600. The van der Waals surface area contributed by atoms with E-state index in [2.05, 4.69) is 12.2 Å². The molecule has 2 aliphatic rings. The molecule has 0 aromatic carbocycles. The molecular formula is C12H21F3N2S. The van der Waals surface area contributed by atoms with Gasteiger partial charge in [0.25, 0.3) is 0 Å². The lowest BCUT2D eigenvalue weighted by Crippen LogP contribution is -2.38. The number of hydrogen-bond donors (Lipinski definition) is 1. The second kappa shape index (κ2) is 6.01. The molecule has 0 radical (unpaired) electrons. The Labute approximate surface area is 111 Å². The molecule has 1 N–H and O–H groups in total. The first-order chi connectivity index (χ1) is 8.44. The first-order valence-electron chi connectivity index (χ1n) is 6.58. The van der Waals surface area contributed by atoms with Crippen LogP contribution in [0.25, 0.3) is 0 Å². The number of thioether (sulfide) groups is 1. The van der Waals surface area contributed by atoms with Gasteiger partial charge in [-0.2, -0.15) is 24.9 Å². The molecule has 0 saturated carbocycles. The molecule has 6 heteroatoms. The molecule has 2 heterocycles. The summed E-state index contributed by atoms with van der Waals surface area (Å²) in [6.07, 6.45) is -1.99. The average Bonchev–Trinajstić information content (AvgIpc) is 2.82. The monoisotopic (exact) mass is 282 g/mol. The van der Waals surface area contributed by atoms with E-state index in [1.54, 1.807) is 0 Å². The molecule has 106 valence electrons. The van der Waals surface area contributed by atoms with E-state index in [4.69, 9.17) is 0 Å². The summed E-state index contributed by atoms with van der Waals surface area (Å²) >= 11 is 1.97. The molecule has 3 unspecified atom stereocenters. The lowest BCUT2D eigenvalue weighted by molar-refractivity contribution is -0.143. The lowest BCUT2D eigenvalue weighted by Gasteiger charge is -2.20. The summed E-state index contributed by atoms with van der Waals surface area (Å²) in [6, 6.07) is 0.548. The van der Waals surface area contributed by atoms with Crippen LogP contribution < -0.4 is 5.32 Å². The molecule has 3 atom stereocenters. The number of nitrogens with zero attached hydrogens (tertiary/aromatic N) is 1. The largest absolute Gasteiger partial charge is 0.401 e. The van der Waals surface area contributed by atoms with Gasteiger partial charge in [0.2, 0.25) is 0 Å². The van der Waals surface area contributed by atoms with E-state index in [1.807, 2.05) is 11.8 Å². The Balaban J connectivity index is 1.66. The summed E-state index contributed by atoms with van der Waals surface area (Å²) in [5, 5.41) is 4.16. The normalized spacial score (nSPS) is 34.3. The summed E-state index contributed by atoms with van der Waals surface area (Å²) < 4.78 is 36.8. The Morgan fingerprint density at radius 1 is 1.33 bits per heavy atom. The van der Waals surface area contributed by atoms with Crippen molar-refractivity contribution in [3.8, 4) is 0 Å². The van der Waals surface area contributed by atoms with Crippen molar-refractivity contribution in [1.82, 2.24) is 10.2 Å². The zero-order valence-electron chi connectivity index (χ0n) is 10.7. The first-order valence-corrected chi connectivity index (χ1v) is 7.63. The van der Waals surface area contributed by atoms with Gasteiger partial charge in [-0.15, -0.1) is 0 Å². The van der Waals surface area contributed by atoms with Crippen molar-refractivity contribution < 1.29 is 13.2 Å². The maximum absolute atomic E-state index is 12.3. The van der Waals surface area contributed by atoms with E-state index in [1.165, 1.54) is 17.1 Å². The molecule has 0 aromatic rings. The minimum absolute atomic E-state index is 0.380. The summed E-state index contributed by atoms with van der Waals surface area (Å²) in [5.74, 6) is 1.58. The third-order valence-electron chi connectivity index (χ3n) is 3.82. The zero-order chi connectivity index (χ0) is 13.2. The molecule has 2 fully saturated rings. The molecule has 18 heavy (non-hydrogen) atoms. The molecule has 2 rings (SSSR count). The second-order valence-corrected chi connectivity index (χ2v) is 6.87. The van der Waals surface area contributed by atoms with Gasteiger partial charge in [-0.1, -0.05) is 6.92 Å². The minimum atomic E-state index is -4.06. The minimum Gasteiger partial charge on any atom is -0.313 e. The standard InChI is InChI=1S/C12H21F3N2S/c1-9-11(3-5-18-9)16-6-10-2-4-17(7-10)8-12(13,14)15/h9-11,16H,2-8H2,1H3. The zero-order valence-corrected chi connectivity index (χ0v) is 11.5. The summed E-state index contributed by atoms with van der Waals surface area (Å²) in [4.78, 5) is 1.53. The van der Waals surface area contributed by atoms with Crippen molar-refractivity contribution in [1.29, 1.82) is 0 Å². The third kappa shape index (κ3) is 4.31. The van der Waals surface area contributed by atoms with E-state index in [9.17, 15) is 13.2 Å². The predicted molar refractivity (Wildman–Crippen MR) is 68.9 cm³/mol. The number of hydrogen-bond acceptors (Lipinski definition) is 3. The molecule has 0 bridgehead atoms. The molecule has 0 aliphatic carbocycles. The summed E-state index contributed by atoms with van der Waals surface area (Å²) in [6.45, 7) is 3.50. The fourth-order valence-corrected chi connectivity index (χ4v) is 4.02. The maximum Gasteiger partial charge on any atom is 0.401 e. The molecule has 0 amide bonds. The van der Waals surface area contributed by atoms with Crippen molar-refractivity contribution in [3.05, 3.63) is 0 Å². The summed E-state index contributed by atoms with van der Waals surface area (Å²) in [5.41, 5.74) is 0. The van der Waals surface area contributed by atoms with Gasteiger partial charge in [-0.25, -0.2) is 0 Å². The van der Waals surface area contributed by atoms with E-state index in [-0.39, 0.29) is 0 Å². The highest BCUT2D eigenvalue weighted by Gasteiger charge is 2.34. The number of halogens is 3. The fourth-order valence-electron chi connectivity index (χ4n) is 2.79. The van der Waals surface area contributed by atoms with Crippen LogP contribution in [0.5, 0.6) is 0 Å². The summed E-state index contributed by atoms with van der Waals surface area (Å²) in [7, 11) is 0. The van der Waals surface area contributed by atoms with Crippen LogP contribution in [0.1, 0.15) is 19.8 Å². The Morgan fingerprint density at radius 2 is 2.11 bits per heavy atom. The molecule has 2 aliphatic heterocycles. The van der Waals surface area contributed by atoms with Gasteiger partial charge in [0.15, 0.2) is 0 Å². The average molecular weight is 282 g/mol. The van der Waals surface area contributed by atoms with Gasteiger partial charge >= 0.3 is 6.18 Å². The van der Waals surface area contributed by atoms with Crippen LogP contribution in [0.4, 0.5) is 13.2 Å². The van der Waals surface area contributed by atoms with E-state index >= 15 is 0 Å². The molecular weight excluding hydrogens is 261 g/mol. The topological polar surface area (TPSA) is 15.3 Å². The number of nitrogens with one attached hydrogen (secondary N) is 1. The Kier molecular flexibility index (Phi) is 4.83. The van der Waals surface area contributed by atoms with E-state index in [0.717, 1.165) is 13.0 Å². The van der Waals surface area contributed by atoms with Gasteiger partial charge in [0.1, 0.15) is 0 Å². The van der Waals surface area contributed by atoms with Gasteiger partial charge in [0.05, 0.1) is 6.54 Å². The van der Waals surface area contributed by atoms with Crippen LogP contribution in [-0.2, 0) is 0 Å². The van der Waals surface area contributed by atoms with Crippen LogP contribution in [-0.4, -0.2) is 54.3 Å².